The quantitative estimate of drug-likeness (QED) is 0.360. The number of allylic oxidation sites excluding steroid dienone is 2. The van der Waals surface area contributed by atoms with Crippen LogP contribution in [0.25, 0.3) is 0 Å². The van der Waals surface area contributed by atoms with E-state index in [0.29, 0.717) is 25.2 Å². The maximum absolute atomic E-state index is 12.8. The van der Waals surface area contributed by atoms with E-state index < -0.39 is 29.0 Å². The van der Waals surface area contributed by atoms with Gasteiger partial charge in [-0.25, -0.2) is 0 Å². The lowest BCUT2D eigenvalue weighted by molar-refractivity contribution is -0.217. The predicted molar refractivity (Wildman–Crippen MR) is 134 cm³/mol. The molecule has 0 radical (unpaired) electrons. The Balaban J connectivity index is 1.63. The third kappa shape index (κ3) is 2.94. The van der Waals surface area contributed by atoms with Crippen molar-refractivity contribution < 1.29 is 24.9 Å². The van der Waals surface area contributed by atoms with E-state index in [2.05, 4.69) is 40.7 Å². The SMILES string of the molecule is CC1(C)CC[C@]2(C(=O)O)[C@H](O)C[C@]3(C)C(=CC[C@@H]4[C@@]5(C)CC[C@H](O)[C@@](C)(C=O)C5CC[C@]43C)[C@H]2C1. The van der Waals surface area contributed by atoms with Gasteiger partial charge < -0.3 is 20.1 Å². The van der Waals surface area contributed by atoms with E-state index in [1.807, 2.05) is 6.92 Å². The van der Waals surface area contributed by atoms with Gasteiger partial charge in [-0.1, -0.05) is 53.2 Å². The van der Waals surface area contributed by atoms with Crippen molar-refractivity contribution in [2.75, 3.05) is 0 Å². The van der Waals surface area contributed by atoms with Gasteiger partial charge in [0.2, 0.25) is 0 Å². The van der Waals surface area contributed by atoms with Gasteiger partial charge in [-0.05, 0) is 97.2 Å². The molecular formula is C30H46O5. The Bertz CT molecular complexity index is 970. The van der Waals surface area contributed by atoms with Gasteiger partial charge in [-0.2, -0.15) is 0 Å². The zero-order valence-electron chi connectivity index (χ0n) is 22.6. The Hall–Kier alpha value is -1.20. The van der Waals surface area contributed by atoms with Crippen molar-refractivity contribution in [3.63, 3.8) is 0 Å². The van der Waals surface area contributed by atoms with Gasteiger partial charge >= 0.3 is 5.97 Å². The van der Waals surface area contributed by atoms with Crippen molar-refractivity contribution in [2.45, 2.75) is 112 Å². The van der Waals surface area contributed by atoms with Crippen LogP contribution in [0.4, 0.5) is 0 Å². The first-order chi connectivity index (χ1) is 16.1. The highest BCUT2D eigenvalue weighted by molar-refractivity contribution is 5.77. The summed E-state index contributed by atoms with van der Waals surface area (Å²) in [5, 5.41) is 33.0. The fourth-order valence-electron chi connectivity index (χ4n) is 10.6. The first-order valence-corrected chi connectivity index (χ1v) is 13.9. The van der Waals surface area contributed by atoms with E-state index in [-0.39, 0.29) is 33.5 Å². The number of aliphatic hydroxyl groups excluding tert-OH is 2. The minimum atomic E-state index is -1.09. The maximum Gasteiger partial charge on any atom is 0.312 e. The lowest BCUT2D eigenvalue weighted by Crippen LogP contribution is -2.67. The lowest BCUT2D eigenvalue weighted by atomic mass is 9.33. The van der Waals surface area contributed by atoms with Gasteiger partial charge in [0.25, 0.3) is 0 Å². The maximum atomic E-state index is 12.8. The average molecular weight is 487 g/mol. The Morgan fingerprint density at radius 1 is 0.914 bits per heavy atom. The molecule has 1 unspecified atom stereocenters. The van der Waals surface area contributed by atoms with E-state index >= 15 is 0 Å². The molecule has 0 saturated heterocycles. The summed E-state index contributed by atoms with van der Waals surface area (Å²) in [6.45, 7) is 13.5. The third-order valence-corrected chi connectivity index (χ3v) is 13.0. The Labute approximate surface area is 210 Å². The summed E-state index contributed by atoms with van der Waals surface area (Å²) >= 11 is 0. The molecule has 0 spiro atoms. The van der Waals surface area contributed by atoms with Crippen molar-refractivity contribution in [1.29, 1.82) is 0 Å². The second-order valence-corrected chi connectivity index (χ2v) is 14.8. The summed E-state index contributed by atoms with van der Waals surface area (Å²) in [6.07, 6.45) is 8.83. The molecule has 4 fully saturated rings. The molecule has 0 bridgehead atoms. The molecule has 0 amide bonds. The van der Waals surface area contributed by atoms with Gasteiger partial charge in [0.15, 0.2) is 0 Å². The van der Waals surface area contributed by atoms with Crippen molar-refractivity contribution in [1.82, 2.24) is 0 Å². The molecular weight excluding hydrogens is 440 g/mol. The van der Waals surface area contributed by atoms with E-state index in [1.165, 1.54) is 5.57 Å². The molecule has 5 nitrogen and oxygen atoms in total. The zero-order chi connectivity index (χ0) is 25.8. The van der Waals surface area contributed by atoms with Crippen LogP contribution in [0.1, 0.15) is 99.3 Å². The smallest absolute Gasteiger partial charge is 0.312 e. The number of carboxylic acids is 1. The number of aliphatic carboxylic acids is 1. The van der Waals surface area contributed by atoms with Crippen LogP contribution in [0.15, 0.2) is 11.6 Å². The second kappa shape index (κ2) is 7.43. The fraction of sp³-hybridized carbons (Fsp3) is 0.867. The van der Waals surface area contributed by atoms with Gasteiger partial charge in [-0.15, -0.1) is 0 Å². The Morgan fingerprint density at radius 3 is 2.23 bits per heavy atom. The lowest BCUT2D eigenvalue weighted by Gasteiger charge is -2.71. The number of hydrogen-bond acceptors (Lipinski definition) is 4. The van der Waals surface area contributed by atoms with Gasteiger partial charge in [0.05, 0.1) is 17.6 Å². The van der Waals surface area contributed by atoms with Crippen LogP contribution in [-0.4, -0.2) is 39.8 Å². The van der Waals surface area contributed by atoms with Crippen molar-refractivity contribution in [3.8, 4) is 0 Å². The summed E-state index contributed by atoms with van der Waals surface area (Å²) in [7, 11) is 0. The highest BCUT2D eigenvalue weighted by Crippen LogP contribution is 2.75. The number of hydrogen-bond donors (Lipinski definition) is 3. The van der Waals surface area contributed by atoms with Crippen LogP contribution in [0.3, 0.4) is 0 Å². The first kappa shape index (κ1) is 25.4. The van der Waals surface area contributed by atoms with Crippen molar-refractivity contribution in [3.05, 3.63) is 11.6 Å². The molecule has 5 heteroatoms. The zero-order valence-corrected chi connectivity index (χ0v) is 22.6. The summed E-state index contributed by atoms with van der Waals surface area (Å²) in [5.41, 5.74) is -0.934. The molecule has 0 aliphatic heterocycles. The van der Waals surface area contributed by atoms with Crippen molar-refractivity contribution >= 4 is 12.3 Å². The molecule has 0 aromatic rings. The molecule has 0 aromatic carbocycles. The molecule has 35 heavy (non-hydrogen) atoms. The molecule has 0 heterocycles. The summed E-state index contributed by atoms with van der Waals surface area (Å²) in [5.74, 6) is -0.517. The topological polar surface area (TPSA) is 94.8 Å². The minimum absolute atomic E-state index is 0.0507. The number of carbonyl (C=O) groups is 2. The van der Waals surface area contributed by atoms with Crippen LogP contribution in [-0.2, 0) is 9.59 Å². The van der Waals surface area contributed by atoms with Gasteiger partial charge in [-0.3, -0.25) is 4.79 Å². The minimum Gasteiger partial charge on any atom is -0.481 e. The van der Waals surface area contributed by atoms with Crippen LogP contribution >= 0.6 is 0 Å². The molecule has 5 aliphatic rings. The first-order valence-electron chi connectivity index (χ1n) is 13.9. The number of carbonyl (C=O) groups excluding carboxylic acids is 1. The summed E-state index contributed by atoms with van der Waals surface area (Å²) in [4.78, 5) is 25.1. The molecule has 4 saturated carbocycles. The van der Waals surface area contributed by atoms with E-state index in [1.54, 1.807) is 0 Å². The standard InChI is InChI=1S/C30H46O5/c1-25(2)13-14-30(24(34)35)19(15-25)18-7-8-21-26(3)11-10-22(32)27(4,17-31)20(26)9-12-28(21,5)29(18,6)16-23(30)33/h7,17,19-23,32-33H,8-16H2,1-6H3,(H,34,35)/t19-,20?,21-,22+,23-,26+,27+,28-,29-,30-/m1/s1. The molecule has 3 N–H and O–H groups in total. The number of aldehydes is 1. The highest BCUT2D eigenvalue weighted by atomic mass is 16.4. The monoisotopic (exact) mass is 486 g/mol. The van der Waals surface area contributed by atoms with E-state index in [0.717, 1.165) is 44.8 Å². The third-order valence-electron chi connectivity index (χ3n) is 13.0. The van der Waals surface area contributed by atoms with Crippen LogP contribution in [0.2, 0.25) is 0 Å². The van der Waals surface area contributed by atoms with Gasteiger partial charge in [0, 0.05) is 0 Å². The number of carboxylic acid groups (broad SMARTS) is 1. The molecule has 5 rings (SSSR count). The van der Waals surface area contributed by atoms with Crippen LogP contribution < -0.4 is 0 Å². The summed E-state index contributed by atoms with van der Waals surface area (Å²) < 4.78 is 0. The predicted octanol–water partition coefficient (Wildman–Crippen LogP) is 5.38. The van der Waals surface area contributed by atoms with Crippen molar-refractivity contribution in [2.24, 2.45) is 50.2 Å². The Morgan fingerprint density at radius 2 is 1.60 bits per heavy atom. The normalized spacial score (nSPS) is 54.9. The van der Waals surface area contributed by atoms with E-state index in [4.69, 9.17) is 0 Å². The second-order valence-electron chi connectivity index (χ2n) is 14.8. The largest absolute Gasteiger partial charge is 0.481 e. The summed E-state index contributed by atoms with van der Waals surface area (Å²) in [6, 6.07) is 0. The molecule has 196 valence electrons. The number of fused-ring (bicyclic) bond motifs is 7. The highest BCUT2D eigenvalue weighted by Gasteiger charge is 2.71. The van der Waals surface area contributed by atoms with Gasteiger partial charge in [0.1, 0.15) is 11.7 Å². The number of aliphatic hydroxyl groups is 2. The van der Waals surface area contributed by atoms with Crippen LogP contribution in [0, 0.1) is 50.2 Å². The number of rotatable bonds is 2. The molecule has 10 atom stereocenters. The fourth-order valence-corrected chi connectivity index (χ4v) is 10.6. The Kier molecular flexibility index (Phi) is 5.40. The average Bonchev–Trinajstić information content (AvgIpc) is 2.76. The van der Waals surface area contributed by atoms with E-state index in [9.17, 15) is 24.9 Å². The molecule has 5 aliphatic carbocycles. The van der Waals surface area contributed by atoms with Crippen LogP contribution in [0.5, 0.6) is 0 Å². The molecule has 0 aromatic heterocycles.